The third kappa shape index (κ3) is 18.3. The molecule has 1 aromatic carbocycles. The maximum atomic E-state index is 4.50. The molecule has 0 aliphatic heterocycles. The molecule has 1 rings (SSSR count). The Labute approximate surface area is 225 Å². The molecule has 0 aliphatic carbocycles. The summed E-state index contributed by atoms with van der Waals surface area (Å²) in [6, 6.07) is 9.00. The van der Waals surface area contributed by atoms with Crippen LogP contribution in [-0.4, -0.2) is 19.6 Å². The molecular weight excluding hydrogens is 1180 g/mol. The van der Waals surface area contributed by atoms with Gasteiger partial charge in [0.05, 0.1) is 0 Å². The van der Waals surface area contributed by atoms with Crippen LogP contribution in [0.15, 0.2) is 31.3 Å². The van der Waals surface area contributed by atoms with Crippen LogP contribution in [0.3, 0.4) is 0 Å². The average Bonchev–Trinajstić information content (AvgIpc) is 2.57. The summed E-state index contributed by atoms with van der Waals surface area (Å²) >= 11 is 2.66. The fraction of sp³-hybridized carbons (Fsp3) is 0.667. The molecule has 0 aliphatic rings. The summed E-state index contributed by atoms with van der Waals surface area (Å²) in [5, 5.41) is 4.50. The van der Waals surface area contributed by atoms with Gasteiger partial charge in [-0.1, -0.05) is 0 Å². The molecule has 1 unspecified atom stereocenters. The molecule has 0 aromatic heterocycles. The number of aryl methyl sites for hydroxylation is 1. The second-order valence-corrected chi connectivity index (χ2v) is 7.98. The second kappa shape index (κ2) is 23.5. The minimum Gasteiger partial charge on any atom is 0 e. The molecular formula is C18H28N3W5-. The summed E-state index contributed by atoms with van der Waals surface area (Å²) in [6.07, 6.45) is 7.81. The van der Waals surface area contributed by atoms with Crippen molar-refractivity contribution in [3.63, 3.8) is 0 Å². The van der Waals surface area contributed by atoms with Gasteiger partial charge in [0, 0.05) is 63.2 Å². The van der Waals surface area contributed by atoms with Gasteiger partial charge in [0.2, 0.25) is 0 Å². The normalized spacial score (nSPS) is 10.7. The number of hydrogen-bond acceptors (Lipinski definition) is 2. The van der Waals surface area contributed by atoms with E-state index in [1.807, 2.05) is 0 Å². The van der Waals surface area contributed by atoms with Gasteiger partial charge in [-0.3, -0.25) is 0 Å². The van der Waals surface area contributed by atoms with E-state index in [1.165, 1.54) is 88.9 Å². The van der Waals surface area contributed by atoms with E-state index in [4.69, 9.17) is 0 Å². The monoisotopic (exact) mass is 1210 g/mol. The first-order chi connectivity index (χ1) is 11.3. The van der Waals surface area contributed by atoms with Crippen LogP contribution >= 0.6 is 0 Å². The molecule has 1 atom stereocenters. The molecule has 146 valence electrons. The van der Waals surface area contributed by atoms with Crippen LogP contribution in [-0.2, 0) is 115 Å². The van der Waals surface area contributed by atoms with Crippen molar-refractivity contribution in [3.05, 3.63) is 40.7 Å². The third-order valence-corrected chi connectivity index (χ3v) is 5.34. The number of nitrogens with zero attached hydrogens (tertiary/aromatic N) is 3. The van der Waals surface area contributed by atoms with Crippen molar-refractivity contribution in [1.82, 2.24) is 0 Å². The first-order valence-electron chi connectivity index (χ1n) is 8.55. The Hall–Kier alpha value is 2.22. The van der Waals surface area contributed by atoms with Crippen molar-refractivity contribution < 1.29 is 102 Å². The largest absolute Gasteiger partial charge is 0 e. The van der Waals surface area contributed by atoms with Crippen LogP contribution in [0.2, 0.25) is 0 Å². The Balaban J connectivity index is -0.00000176. The number of rotatable bonds is 14. The first-order valence-corrected chi connectivity index (χ1v) is 11.2. The summed E-state index contributed by atoms with van der Waals surface area (Å²) < 4.78 is 8.39. The predicted molar refractivity (Wildman–Crippen MR) is 88.9 cm³/mol. The van der Waals surface area contributed by atoms with E-state index < -0.39 is 0 Å². The Bertz CT molecular complexity index is 443. The standard InChI is InChI=1S/C18H28N3.5W/c1-16(6-4-12-19)5-2-3-7-17-8-10-18(11-9-17)15-21-14-13-20;;;;;/h8-11,16H,2-7,12-15H2,1H3;;;;;/q-1;;;;;. The van der Waals surface area contributed by atoms with Crippen molar-refractivity contribution >= 4 is 0 Å². The van der Waals surface area contributed by atoms with Crippen LogP contribution < -0.4 is 0 Å². The summed E-state index contributed by atoms with van der Waals surface area (Å²) in [4.78, 5) is 0. The van der Waals surface area contributed by atoms with E-state index in [1.54, 1.807) is 0 Å². The minimum atomic E-state index is 0. The molecule has 0 radical (unpaired) electrons. The maximum Gasteiger partial charge on any atom is 0 e. The van der Waals surface area contributed by atoms with Crippen LogP contribution in [0, 0.1) is 5.92 Å². The van der Waals surface area contributed by atoms with E-state index in [9.17, 15) is 0 Å². The van der Waals surface area contributed by atoms with Gasteiger partial charge in [-0.15, -0.1) is 0 Å². The molecule has 0 saturated heterocycles. The summed E-state index contributed by atoms with van der Waals surface area (Å²) in [5.74, 6) is 0.854. The Kier molecular flexibility index (Phi) is 29.7. The van der Waals surface area contributed by atoms with Gasteiger partial charge in [0.1, 0.15) is 0 Å². The average molecular weight is 1210 g/mol. The Morgan fingerprint density at radius 3 is 2.04 bits per heavy atom. The molecule has 0 N–H and O–H groups in total. The van der Waals surface area contributed by atoms with Crippen LogP contribution in [0.1, 0.15) is 50.2 Å². The molecule has 3 nitrogen and oxygen atoms in total. The van der Waals surface area contributed by atoms with E-state index in [0.29, 0.717) is 0 Å². The van der Waals surface area contributed by atoms with E-state index in [2.05, 4.69) is 43.5 Å². The van der Waals surface area contributed by atoms with Crippen molar-refractivity contribution in [1.29, 1.82) is 0 Å². The quantitative estimate of drug-likeness (QED) is 0.232. The van der Waals surface area contributed by atoms with Crippen LogP contribution in [0.5, 0.6) is 0 Å². The summed E-state index contributed by atoms with van der Waals surface area (Å²) in [7, 11) is 0. The SMILES string of the molecule is CC(CCCCc1ccc(C[N-]CC[N]=[W])cc1)CCC[N]=[W].[W].[W].[W]. The third-order valence-electron chi connectivity index (χ3n) is 4.03. The molecule has 0 amide bonds. The molecule has 0 heterocycles. The summed E-state index contributed by atoms with van der Waals surface area (Å²) in [5.41, 5.74) is 2.77. The zero-order valence-electron chi connectivity index (χ0n) is 15.3. The van der Waals surface area contributed by atoms with Crippen molar-refractivity contribution in [2.75, 3.05) is 19.6 Å². The Morgan fingerprint density at radius 1 is 0.846 bits per heavy atom. The zero-order chi connectivity index (χ0) is 16.8. The molecule has 0 fully saturated rings. The van der Waals surface area contributed by atoms with E-state index in [0.717, 1.165) is 32.1 Å². The van der Waals surface area contributed by atoms with Gasteiger partial charge >= 0.3 is 165 Å². The first kappa shape index (κ1) is 32.9. The number of hydrogen-bond donors (Lipinski definition) is 0. The van der Waals surface area contributed by atoms with Gasteiger partial charge in [0.25, 0.3) is 0 Å². The predicted octanol–water partition coefficient (Wildman–Crippen LogP) is 5.14. The van der Waals surface area contributed by atoms with Crippen molar-refractivity contribution in [3.8, 4) is 0 Å². The molecule has 8 heteroatoms. The van der Waals surface area contributed by atoms with E-state index >= 15 is 0 Å². The van der Waals surface area contributed by atoms with Gasteiger partial charge < -0.3 is 0 Å². The van der Waals surface area contributed by atoms with Crippen LogP contribution in [0.25, 0.3) is 5.32 Å². The zero-order valence-corrected chi connectivity index (χ0v) is 30.0. The smallest absolute Gasteiger partial charge is 0 e. The molecule has 1 aromatic rings. The van der Waals surface area contributed by atoms with Crippen molar-refractivity contribution in [2.45, 2.75) is 52.0 Å². The fourth-order valence-corrected chi connectivity index (χ4v) is 3.36. The number of unbranched alkanes of at least 4 members (excludes halogenated alkanes) is 1. The van der Waals surface area contributed by atoms with Crippen molar-refractivity contribution in [2.24, 2.45) is 12.9 Å². The molecule has 0 saturated carbocycles. The Morgan fingerprint density at radius 2 is 1.42 bits per heavy atom. The summed E-state index contributed by atoms with van der Waals surface area (Å²) in [6.45, 7) is 6.01. The second-order valence-electron chi connectivity index (χ2n) is 6.12. The molecule has 26 heavy (non-hydrogen) atoms. The van der Waals surface area contributed by atoms with Gasteiger partial charge in [-0.05, 0) is 0 Å². The van der Waals surface area contributed by atoms with Gasteiger partial charge in [-0.2, -0.15) is 0 Å². The van der Waals surface area contributed by atoms with Crippen LogP contribution in [0.4, 0.5) is 0 Å². The topological polar surface area (TPSA) is 38.8 Å². The van der Waals surface area contributed by atoms with E-state index in [-0.39, 0.29) is 63.2 Å². The van der Waals surface area contributed by atoms with Gasteiger partial charge in [0.15, 0.2) is 0 Å². The molecule has 0 spiro atoms. The number of benzene rings is 1. The molecule has 0 bridgehead atoms. The maximum absolute atomic E-state index is 4.50. The van der Waals surface area contributed by atoms with Gasteiger partial charge in [-0.25, -0.2) is 0 Å². The minimum absolute atomic E-state index is 0. The fourth-order valence-electron chi connectivity index (χ4n) is 2.60.